The van der Waals surface area contributed by atoms with Gasteiger partial charge in [-0.1, -0.05) is 44.8 Å². The molecule has 3 N–H and O–H groups in total. The average Bonchev–Trinajstić information content (AvgIpc) is 2.26. The first kappa shape index (κ1) is 14.6. The molecule has 0 fully saturated rings. The van der Waals surface area contributed by atoms with E-state index >= 15 is 0 Å². The maximum absolute atomic E-state index is 13.1. The maximum Gasteiger partial charge on any atom is 0.135 e. The van der Waals surface area contributed by atoms with E-state index in [1.165, 1.54) is 31.8 Å². The maximum atomic E-state index is 13.1. The summed E-state index contributed by atoms with van der Waals surface area (Å²) in [7, 11) is 0. The molecular formula is C12H24FNO. The molecular weight excluding hydrogens is 193 g/mol. The molecule has 0 spiro atoms. The minimum absolute atomic E-state index is 0.304. The molecule has 15 heavy (non-hydrogen) atoms. The summed E-state index contributed by atoms with van der Waals surface area (Å²) < 4.78 is 13.1. The summed E-state index contributed by atoms with van der Waals surface area (Å²) in [6.45, 7) is 1.88. The Bertz CT molecular complexity index is 162. The molecule has 0 heterocycles. The van der Waals surface area contributed by atoms with Crippen LogP contribution in [-0.4, -0.2) is 23.9 Å². The van der Waals surface area contributed by atoms with E-state index < -0.39 is 12.2 Å². The highest BCUT2D eigenvalue weighted by atomic mass is 19.1. The van der Waals surface area contributed by atoms with Crippen LogP contribution in [0.5, 0.6) is 0 Å². The van der Waals surface area contributed by atoms with Crippen LogP contribution in [0.1, 0.15) is 45.4 Å². The highest BCUT2D eigenvalue weighted by Gasteiger charge is 2.10. The summed E-state index contributed by atoms with van der Waals surface area (Å²) in [5, 5.41) is 8.61. The molecule has 0 saturated carbocycles. The molecule has 0 aromatic rings. The third-order valence-corrected chi connectivity index (χ3v) is 2.41. The van der Waals surface area contributed by atoms with E-state index in [0.717, 1.165) is 12.8 Å². The van der Waals surface area contributed by atoms with Gasteiger partial charge in [0, 0.05) is 0 Å². The monoisotopic (exact) mass is 217 g/mol. The van der Waals surface area contributed by atoms with Gasteiger partial charge < -0.3 is 10.8 Å². The van der Waals surface area contributed by atoms with E-state index in [1.807, 2.05) is 6.08 Å². The lowest BCUT2D eigenvalue weighted by molar-refractivity contribution is 0.213. The molecule has 0 saturated heterocycles. The van der Waals surface area contributed by atoms with E-state index in [9.17, 15) is 4.39 Å². The lowest BCUT2D eigenvalue weighted by Gasteiger charge is -2.09. The SMILES string of the molecule is CCCCCCC/C=C/[C@H](F)[C@@H](N)CO. The Morgan fingerprint density at radius 2 is 1.93 bits per heavy atom. The second-order valence-electron chi connectivity index (χ2n) is 3.92. The minimum Gasteiger partial charge on any atom is -0.395 e. The zero-order chi connectivity index (χ0) is 11.5. The van der Waals surface area contributed by atoms with Crippen LogP contribution in [0.4, 0.5) is 4.39 Å². The van der Waals surface area contributed by atoms with Gasteiger partial charge in [0.1, 0.15) is 6.17 Å². The standard InChI is InChI=1S/C12H24FNO/c1-2-3-4-5-6-7-8-9-11(13)12(14)10-15/h8-9,11-12,15H,2-7,10,14H2,1H3/b9-8+/t11-,12-/m0/s1. The van der Waals surface area contributed by atoms with Gasteiger partial charge in [0.15, 0.2) is 0 Å². The number of aliphatic hydroxyl groups is 1. The molecule has 2 atom stereocenters. The van der Waals surface area contributed by atoms with Crippen LogP contribution in [0, 0.1) is 0 Å². The highest BCUT2D eigenvalue weighted by Crippen LogP contribution is 2.06. The van der Waals surface area contributed by atoms with Crippen LogP contribution >= 0.6 is 0 Å². The molecule has 0 radical (unpaired) electrons. The highest BCUT2D eigenvalue weighted by molar-refractivity contribution is 4.93. The van der Waals surface area contributed by atoms with Gasteiger partial charge in [-0.3, -0.25) is 0 Å². The average molecular weight is 217 g/mol. The van der Waals surface area contributed by atoms with Crippen molar-refractivity contribution in [1.29, 1.82) is 0 Å². The summed E-state index contributed by atoms with van der Waals surface area (Å²) in [5.74, 6) is 0. The van der Waals surface area contributed by atoms with Gasteiger partial charge in [0.2, 0.25) is 0 Å². The van der Waals surface area contributed by atoms with Crippen molar-refractivity contribution in [3.8, 4) is 0 Å². The molecule has 0 rings (SSSR count). The number of unbranched alkanes of at least 4 members (excludes halogenated alkanes) is 5. The number of alkyl halides is 1. The van der Waals surface area contributed by atoms with Crippen molar-refractivity contribution in [1.82, 2.24) is 0 Å². The molecule has 0 aliphatic rings. The lowest BCUT2D eigenvalue weighted by atomic mass is 10.1. The van der Waals surface area contributed by atoms with Crippen LogP contribution < -0.4 is 5.73 Å². The number of hydrogen-bond acceptors (Lipinski definition) is 2. The van der Waals surface area contributed by atoms with Crippen molar-refractivity contribution < 1.29 is 9.50 Å². The van der Waals surface area contributed by atoms with Crippen LogP contribution in [0.15, 0.2) is 12.2 Å². The number of nitrogens with two attached hydrogens (primary N) is 1. The quantitative estimate of drug-likeness (QED) is 0.460. The Balaban J connectivity index is 3.37. The summed E-state index contributed by atoms with van der Waals surface area (Å²) in [5.41, 5.74) is 5.32. The first-order chi connectivity index (χ1) is 7.22. The molecule has 0 aromatic heterocycles. The van der Waals surface area contributed by atoms with Crippen molar-refractivity contribution in [2.75, 3.05) is 6.61 Å². The van der Waals surface area contributed by atoms with E-state index in [4.69, 9.17) is 10.8 Å². The molecule has 3 heteroatoms. The third kappa shape index (κ3) is 8.58. The minimum atomic E-state index is -1.22. The Kier molecular flexibility index (Phi) is 9.84. The smallest absolute Gasteiger partial charge is 0.135 e. The van der Waals surface area contributed by atoms with Crippen molar-refractivity contribution in [2.45, 2.75) is 57.7 Å². The molecule has 0 unspecified atom stereocenters. The van der Waals surface area contributed by atoms with Gasteiger partial charge in [-0.2, -0.15) is 0 Å². The topological polar surface area (TPSA) is 46.2 Å². The van der Waals surface area contributed by atoms with Gasteiger partial charge in [0.25, 0.3) is 0 Å². The van der Waals surface area contributed by atoms with Crippen LogP contribution in [0.2, 0.25) is 0 Å². The molecule has 0 bridgehead atoms. The van der Waals surface area contributed by atoms with Crippen molar-refractivity contribution in [2.24, 2.45) is 5.73 Å². The van der Waals surface area contributed by atoms with Gasteiger partial charge >= 0.3 is 0 Å². The molecule has 0 aliphatic carbocycles. The fraction of sp³-hybridized carbons (Fsp3) is 0.833. The van der Waals surface area contributed by atoms with Gasteiger partial charge in [-0.15, -0.1) is 0 Å². The van der Waals surface area contributed by atoms with Crippen molar-refractivity contribution in [3.63, 3.8) is 0 Å². The fourth-order valence-corrected chi connectivity index (χ4v) is 1.34. The number of aliphatic hydroxyl groups excluding tert-OH is 1. The first-order valence-corrected chi connectivity index (χ1v) is 5.89. The summed E-state index contributed by atoms with van der Waals surface area (Å²) in [4.78, 5) is 0. The second-order valence-corrected chi connectivity index (χ2v) is 3.92. The predicted octanol–water partition coefficient (Wildman–Crippen LogP) is 2.56. The Labute approximate surface area is 92.4 Å². The van der Waals surface area contributed by atoms with Crippen LogP contribution in [0.3, 0.4) is 0 Å². The third-order valence-electron chi connectivity index (χ3n) is 2.41. The van der Waals surface area contributed by atoms with Crippen LogP contribution in [-0.2, 0) is 0 Å². The van der Waals surface area contributed by atoms with Gasteiger partial charge in [0.05, 0.1) is 12.6 Å². The Morgan fingerprint density at radius 3 is 2.53 bits per heavy atom. The summed E-state index contributed by atoms with van der Waals surface area (Å²) in [6.07, 6.45) is 9.08. The number of allylic oxidation sites excluding steroid dienone is 1. The number of rotatable bonds is 9. The Hall–Kier alpha value is -0.410. The van der Waals surface area contributed by atoms with Gasteiger partial charge in [-0.25, -0.2) is 4.39 Å². The zero-order valence-corrected chi connectivity index (χ0v) is 9.66. The fourth-order valence-electron chi connectivity index (χ4n) is 1.34. The predicted molar refractivity (Wildman–Crippen MR) is 62.5 cm³/mol. The number of halogens is 1. The zero-order valence-electron chi connectivity index (χ0n) is 9.66. The van der Waals surface area contributed by atoms with Crippen LogP contribution in [0.25, 0.3) is 0 Å². The normalized spacial score (nSPS) is 15.7. The second kappa shape index (κ2) is 10.1. The van der Waals surface area contributed by atoms with Gasteiger partial charge in [-0.05, 0) is 12.8 Å². The first-order valence-electron chi connectivity index (χ1n) is 5.89. The molecule has 90 valence electrons. The Morgan fingerprint density at radius 1 is 1.27 bits per heavy atom. The van der Waals surface area contributed by atoms with Crippen molar-refractivity contribution >= 4 is 0 Å². The largest absolute Gasteiger partial charge is 0.395 e. The van der Waals surface area contributed by atoms with Crippen molar-refractivity contribution in [3.05, 3.63) is 12.2 Å². The van der Waals surface area contributed by atoms with E-state index in [2.05, 4.69) is 6.92 Å². The molecule has 2 nitrogen and oxygen atoms in total. The molecule has 0 aromatic carbocycles. The lowest BCUT2D eigenvalue weighted by Crippen LogP contribution is -2.33. The van der Waals surface area contributed by atoms with E-state index in [-0.39, 0.29) is 6.61 Å². The number of hydrogen-bond donors (Lipinski definition) is 2. The summed E-state index contributed by atoms with van der Waals surface area (Å²) >= 11 is 0. The summed E-state index contributed by atoms with van der Waals surface area (Å²) in [6, 6.07) is -0.777. The van der Waals surface area contributed by atoms with E-state index in [0.29, 0.717) is 0 Å². The van der Waals surface area contributed by atoms with E-state index in [1.54, 1.807) is 0 Å². The molecule has 0 aliphatic heterocycles. The molecule has 0 amide bonds.